The fourth-order valence-electron chi connectivity index (χ4n) is 2.20. The molecule has 1 aliphatic rings. The molecule has 0 aliphatic carbocycles. The Morgan fingerprint density at radius 3 is 2.16 bits per heavy atom. The second-order valence-electron chi connectivity index (χ2n) is 4.10. The average Bonchev–Trinajstić information content (AvgIpc) is 2.35. The summed E-state index contributed by atoms with van der Waals surface area (Å²) in [6.45, 7) is 6.90. The largest absolute Gasteiger partial charge is 0.314 e. The maximum Gasteiger partial charge on any atom is 0.131 e. The number of rotatable bonds is 3. The lowest BCUT2D eigenvalue weighted by Gasteiger charge is -2.33. The number of hydrogen-bond donors (Lipinski definition) is 1. The molecule has 1 aromatic carbocycles. The molecule has 19 heavy (non-hydrogen) atoms. The summed E-state index contributed by atoms with van der Waals surface area (Å²) in [4.78, 5) is 2.03. The molecule has 0 radical (unpaired) electrons. The SMILES string of the molecule is C=C[C@@H](c1c(F)cccc1F)N1CCNCC1.Cl.Cl. The molecule has 0 aromatic heterocycles. The van der Waals surface area contributed by atoms with Gasteiger partial charge in [0.15, 0.2) is 0 Å². The van der Waals surface area contributed by atoms with Gasteiger partial charge >= 0.3 is 0 Å². The molecule has 1 atom stereocenters. The quantitative estimate of drug-likeness (QED) is 0.864. The number of piperazine rings is 1. The Morgan fingerprint density at radius 1 is 1.16 bits per heavy atom. The number of nitrogens with zero attached hydrogens (tertiary/aromatic N) is 1. The maximum atomic E-state index is 13.7. The van der Waals surface area contributed by atoms with E-state index in [1.54, 1.807) is 6.08 Å². The summed E-state index contributed by atoms with van der Waals surface area (Å²) in [5.41, 5.74) is 0.101. The first-order valence-corrected chi connectivity index (χ1v) is 5.75. The molecule has 0 spiro atoms. The Labute approximate surface area is 124 Å². The van der Waals surface area contributed by atoms with Crippen LogP contribution in [0.3, 0.4) is 0 Å². The second kappa shape index (κ2) is 8.48. The van der Waals surface area contributed by atoms with Crippen LogP contribution in [0.15, 0.2) is 30.9 Å². The molecule has 0 bridgehead atoms. The van der Waals surface area contributed by atoms with Crippen LogP contribution in [0, 0.1) is 11.6 Å². The van der Waals surface area contributed by atoms with Gasteiger partial charge in [0.1, 0.15) is 11.6 Å². The summed E-state index contributed by atoms with van der Waals surface area (Å²) in [5, 5.41) is 3.21. The fraction of sp³-hybridized carbons (Fsp3) is 0.385. The number of benzene rings is 1. The molecule has 0 amide bonds. The second-order valence-corrected chi connectivity index (χ2v) is 4.10. The average molecular weight is 311 g/mol. The zero-order valence-electron chi connectivity index (χ0n) is 10.4. The van der Waals surface area contributed by atoms with Crippen LogP contribution in [0.1, 0.15) is 11.6 Å². The Kier molecular flexibility index (Phi) is 8.18. The standard InChI is InChI=1S/C13H16F2N2.2ClH/c1-2-12(17-8-6-16-7-9-17)13-10(14)4-3-5-11(13)15;;/h2-5,12,16H,1,6-9H2;2*1H/t12-;;/m0../s1. The predicted octanol–water partition coefficient (Wildman–Crippen LogP) is 2.94. The highest BCUT2D eigenvalue weighted by atomic mass is 35.5. The summed E-state index contributed by atoms with van der Waals surface area (Å²) in [5.74, 6) is -1.01. The van der Waals surface area contributed by atoms with Crippen molar-refractivity contribution in [2.45, 2.75) is 6.04 Å². The number of halogens is 4. The van der Waals surface area contributed by atoms with E-state index in [2.05, 4.69) is 11.9 Å². The molecule has 1 heterocycles. The van der Waals surface area contributed by atoms with Gasteiger partial charge in [-0.25, -0.2) is 8.78 Å². The molecule has 0 unspecified atom stereocenters. The minimum absolute atomic E-state index is 0. The van der Waals surface area contributed by atoms with E-state index in [4.69, 9.17) is 0 Å². The summed E-state index contributed by atoms with van der Waals surface area (Å²) >= 11 is 0. The van der Waals surface area contributed by atoms with E-state index >= 15 is 0 Å². The van der Waals surface area contributed by atoms with E-state index in [0.717, 1.165) is 26.2 Å². The lowest BCUT2D eigenvalue weighted by atomic mass is 10.0. The van der Waals surface area contributed by atoms with E-state index in [1.165, 1.54) is 18.2 Å². The molecular formula is C13H18Cl2F2N2. The molecule has 2 nitrogen and oxygen atoms in total. The lowest BCUT2D eigenvalue weighted by Crippen LogP contribution is -2.45. The van der Waals surface area contributed by atoms with Gasteiger partial charge in [0.2, 0.25) is 0 Å². The minimum Gasteiger partial charge on any atom is -0.314 e. The van der Waals surface area contributed by atoms with Gasteiger partial charge in [-0.2, -0.15) is 0 Å². The van der Waals surface area contributed by atoms with Crippen molar-refractivity contribution in [1.82, 2.24) is 10.2 Å². The number of nitrogens with one attached hydrogen (secondary N) is 1. The van der Waals surface area contributed by atoms with Crippen LogP contribution in [0.25, 0.3) is 0 Å². The van der Waals surface area contributed by atoms with Crippen molar-refractivity contribution in [2.75, 3.05) is 26.2 Å². The Balaban J connectivity index is 0.00000162. The van der Waals surface area contributed by atoms with Crippen LogP contribution in [0.4, 0.5) is 8.78 Å². The fourth-order valence-corrected chi connectivity index (χ4v) is 2.20. The number of hydrogen-bond acceptors (Lipinski definition) is 2. The molecule has 1 fully saturated rings. The summed E-state index contributed by atoms with van der Waals surface area (Å²) in [6, 6.07) is 3.57. The van der Waals surface area contributed by atoms with Crippen LogP contribution in [-0.2, 0) is 0 Å². The van der Waals surface area contributed by atoms with Crippen LogP contribution >= 0.6 is 24.8 Å². The normalized spacial score (nSPS) is 16.9. The van der Waals surface area contributed by atoms with Crippen molar-refractivity contribution in [3.63, 3.8) is 0 Å². The smallest absolute Gasteiger partial charge is 0.131 e. The third-order valence-electron chi connectivity index (χ3n) is 3.06. The summed E-state index contributed by atoms with van der Waals surface area (Å²) < 4.78 is 27.4. The van der Waals surface area contributed by atoms with Crippen molar-refractivity contribution in [1.29, 1.82) is 0 Å². The minimum atomic E-state index is -0.506. The Bertz CT molecular complexity index is 389. The van der Waals surface area contributed by atoms with Crippen LogP contribution < -0.4 is 5.32 Å². The predicted molar refractivity (Wildman–Crippen MR) is 78.2 cm³/mol. The van der Waals surface area contributed by atoms with Gasteiger partial charge in [0.05, 0.1) is 6.04 Å². The topological polar surface area (TPSA) is 15.3 Å². The Morgan fingerprint density at radius 2 is 1.68 bits per heavy atom. The van der Waals surface area contributed by atoms with Crippen LogP contribution in [-0.4, -0.2) is 31.1 Å². The van der Waals surface area contributed by atoms with Crippen LogP contribution in [0.5, 0.6) is 0 Å². The van der Waals surface area contributed by atoms with Gasteiger partial charge in [-0.1, -0.05) is 12.1 Å². The van der Waals surface area contributed by atoms with Crippen molar-refractivity contribution in [2.24, 2.45) is 0 Å². The highest BCUT2D eigenvalue weighted by Gasteiger charge is 2.24. The first-order chi connectivity index (χ1) is 8.24. The molecule has 6 heteroatoms. The zero-order valence-corrected chi connectivity index (χ0v) is 12.1. The van der Waals surface area contributed by atoms with E-state index in [1.807, 2.05) is 4.90 Å². The Hall–Kier alpha value is -0.680. The van der Waals surface area contributed by atoms with Crippen molar-refractivity contribution >= 4 is 24.8 Å². The highest BCUT2D eigenvalue weighted by Crippen LogP contribution is 2.27. The summed E-state index contributed by atoms with van der Waals surface area (Å²) in [7, 11) is 0. The highest BCUT2D eigenvalue weighted by molar-refractivity contribution is 5.85. The molecule has 1 aliphatic heterocycles. The van der Waals surface area contributed by atoms with Gasteiger partial charge in [-0.15, -0.1) is 31.4 Å². The molecule has 1 aromatic rings. The monoisotopic (exact) mass is 310 g/mol. The van der Waals surface area contributed by atoms with Gasteiger partial charge < -0.3 is 5.32 Å². The van der Waals surface area contributed by atoms with Crippen molar-refractivity contribution in [3.8, 4) is 0 Å². The zero-order chi connectivity index (χ0) is 12.3. The van der Waals surface area contributed by atoms with Crippen molar-refractivity contribution in [3.05, 3.63) is 48.1 Å². The maximum absolute atomic E-state index is 13.7. The van der Waals surface area contributed by atoms with Crippen LogP contribution in [0.2, 0.25) is 0 Å². The molecule has 0 saturated carbocycles. The molecule has 108 valence electrons. The third-order valence-corrected chi connectivity index (χ3v) is 3.06. The first kappa shape index (κ1) is 18.3. The van der Waals surface area contributed by atoms with Gasteiger partial charge in [-0.05, 0) is 12.1 Å². The lowest BCUT2D eigenvalue weighted by molar-refractivity contribution is 0.197. The van der Waals surface area contributed by atoms with Gasteiger partial charge in [-0.3, -0.25) is 4.90 Å². The molecular weight excluding hydrogens is 293 g/mol. The van der Waals surface area contributed by atoms with Gasteiger partial charge in [0, 0.05) is 31.7 Å². The van der Waals surface area contributed by atoms with E-state index in [9.17, 15) is 8.78 Å². The first-order valence-electron chi connectivity index (χ1n) is 5.75. The van der Waals surface area contributed by atoms with E-state index in [-0.39, 0.29) is 30.4 Å². The molecule has 1 N–H and O–H groups in total. The van der Waals surface area contributed by atoms with E-state index in [0.29, 0.717) is 0 Å². The third kappa shape index (κ3) is 4.14. The van der Waals surface area contributed by atoms with E-state index < -0.39 is 17.7 Å². The molecule has 2 rings (SSSR count). The van der Waals surface area contributed by atoms with Crippen molar-refractivity contribution < 1.29 is 8.78 Å². The molecule has 1 saturated heterocycles. The summed E-state index contributed by atoms with van der Waals surface area (Å²) in [6.07, 6.45) is 1.60. The van der Waals surface area contributed by atoms with Gasteiger partial charge in [0.25, 0.3) is 0 Å².